The zero-order chi connectivity index (χ0) is 17.9. The fourth-order valence-corrected chi connectivity index (χ4v) is 3.50. The molecular formula is C21H23N3O2. The number of piperidine rings is 1. The number of ether oxygens (including phenoxy) is 1. The number of hydrogen-bond donors (Lipinski definition) is 0. The van der Waals surface area contributed by atoms with Gasteiger partial charge in [-0.1, -0.05) is 23.8 Å². The lowest BCUT2D eigenvalue weighted by atomic mass is 9.98. The fourth-order valence-electron chi connectivity index (χ4n) is 3.50. The maximum atomic E-state index is 13.0. The Kier molecular flexibility index (Phi) is 4.61. The van der Waals surface area contributed by atoms with Gasteiger partial charge in [-0.3, -0.25) is 4.79 Å². The van der Waals surface area contributed by atoms with Crippen LogP contribution in [0.1, 0.15) is 28.8 Å². The van der Waals surface area contributed by atoms with Gasteiger partial charge >= 0.3 is 0 Å². The van der Waals surface area contributed by atoms with Gasteiger partial charge in [0.2, 0.25) is 0 Å². The van der Waals surface area contributed by atoms with Crippen molar-refractivity contribution in [1.29, 1.82) is 0 Å². The molecule has 5 heteroatoms. The van der Waals surface area contributed by atoms with E-state index in [-0.39, 0.29) is 5.91 Å². The topological polar surface area (TPSA) is 46.8 Å². The van der Waals surface area contributed by atoms with Gasteiger partial charge in [0.05, 0.1) is 23.9 Å². The molecule has 1 aliphatic heterocycles. The van der Waals surface area contributed by atoms with E-state index in [1.165, 1.54) is 5.56 Å². The number of carbonyl (C=O) groups is 1. The average Bonchev–Trinajstić information content (AvgIpc) is 3.11. The number of benzene rings is 1. The summed E-state index contributed by atoms with van der Waals surface area (Å²) in [6, 6.07) is 13.9. The molecule has 1 aromatic carbocycles. The van der Waals surface area contributed by atoms with Crippen LogP contribution in [0.25, 0.3) is 5.52 Å². The molecule has 1 aliphatic rings. The Hall–Kier alpha value is -2.82. The van der Waals surface area contributed by atoms with Gasteiger partial charge in [0.25, 0.3) is 5.91 Å². The van der Waals surface area contributed by atoms with Gasteiger partial charge in [-0.2, -0.15) is 5.10 Å². The van der Waals surface area contributed by atoms with E-state index in [2.05, 4.69) is 24.2 Å². The summed E-state index contributed by atoms with van der Waals surface area (Å²) >= 11 is 0. The molecule has 1 saturated heterocycles. The maximum absolute atomic E-state index is 13.0. The maximum Gasteiger partial charge on any atom is 0.257 e. The molecule has 3 heterocycles. The van der Waals surface area contributed by atoms with Gasteiger partial charge in [0.1, 0.15) is 5.75 Å². The van der Waals surface area contributed by atoms with E-state index >= 15 is 0 Å². The second kappa shape index (κ2) is 7.20. The molecule has 0 saturated carbocycles. The first kappa shape index (κ1) is 16.6. The van der Waals surface area contributed by atoms with Crippen molar-refractivity contribution in [2.24, 2.45) is 5.92 Å². The van der Waals surface area contributed by atoms with E-state index < -0.39 is 0 Å². The molecule has 5 nitrogen and oxygen atoms in total. The van der Waals surface area contributed by atoms with Gasteiger partial charge in [-0.15, -0.1) is 0 Å². The lowest BCUT2D eigenvalue weighted by Crippen LogP contribution is -2.41. The first-order chi connectivity index (χ1) is 12.7. The standard InChI is InChI=1S/C21H23N3O2/c1-16-7-9-18(10-8-16)26-15-17-5-4-11-23(14-17)21(25)19-13-22-24-12-3-2-6-20(19)24/h2-3,6-10,12-13,17H,4-5,11,14-15H2,1H3/t17-/m1/s1. The summed E-state index contributed by atoms with van der Waals surface area (Å²) in [5, 5.41) is 4.28. The van der Waals surface area contributed by atoms with Crippen LogP contribution < -0.4 is 4.74 Å². The van der Waals surface area contributed by atoms with Crippen molar-refractivity contribution >= 4 is 11.4 Å². The lowest BCUT2D eigenvalue weighted by molar-refractivity contribution is 0.0635. The molecule has 0 bridgehead atoms. The Morgan fingerprint density at radius 2 is 2.08 bits per heavy atom. The molecular weight excluding hydrogens is 326 g/mol. The van der Waals surface area contributed by atoms with Gasteiger partial charge in [0, 0.05) is 25.2 Å². The van der Waals surface area contributed by atoms with E-state index in [9.17, 15) is 4.79 Å². The zero-order valence-corrected chi connectivity index (χ0v) is 15.0. The third kappa shape index (κ3) is 3.43. The van der Waals surface area contributed by atoms with Crippen LogP contribution in [0.15, 0.2) is 54.9 Å². The molecule has 4 rings (SSSR count). The number of carbonyl (C=O) groups excluding carboxylic acids is 1. The Morgan fingerprint density at radius 3 is 2.92 bits per heavy atom. The number of fused-ring (bicyclic) bond motifs is 1. The number of nitrogens with zero attached hydrogens (tertiary/aromatic N) is 3. The molecule has 26 heavy (non-hydrogen) atoms. The number of rotatable bonds is 4. The van der Waals surface area contributed by atoms with Crippen molar-refractivity contribution in [3.63, 3.8) is 0 Å². The molecule has 1 amide bonds. The Morgan fingerprint density at radius 1 is 1.23 bits per heavy atom. The van der Waals surface area contributed by atoms with E-state index in [0.29, 0.717) is 18.1 Å². The average molecular weight is 349 g/mol. The molecule has 0 aliphatic carbocycles. The number of hydrogen-bond acceptors (Lipinski definition) is 3. The van der Waals surface area contributed by atoms with Crippen molar-refractivity contribution in [3.05, 3.63) is 66.0 Å². The van der Waals surface area contributed by atoms with E-state index in [1.807, 2.05) is 41.4 Å². The van der Waals surface area contributed by atoms with Crippen molar-refractivity contribution in [2.75, 3.05) is 19.7 Å². The Bertz CT molecular complexity index is 901. The third-order valence-electron chi connectivity index (χ3n) is 4.97. The molecule has 0 unspecified atom stereocenters. The quantitative estimate of drug-likeness (QED) is 0.723. The summed E-state index contributed by atoms with van der Waals surface area (Å²) in [7, 11) is 0. The summed E-state index contributed by atoms with van der Waals surface area (Å²) < 4.78 is 7.68. The fraction of sp³-hybridized carbons (Fsp3) is 0.333. The van der Waals surface area contributed by atoms with Crippen LogP contribution in [0.3, 0.4) is 0 Å². The summed E-state index contributed by atoms with van der Waals surface area (Å²) in [4.78, 5) is 14.9. The highest BCUT2D eigenvalue weighted by atomic mass is 16.5. The predicted molar refractivity (Wildman–Crippen MR) is 100 cm³/mol. The van der Waals surface area contributed by atoms with E-state index in [0.717, 1.165) is 37.2 Å². The first-order valence-electron chi connectivity index (χ1n) is 9.12. The minimum atomic E-state index is 0.0613. The summed E-state index contributed by atoms with van der Waals surface area (Å²) in [5.74, 6) is 1.31. The second-order valence-electron chi connectivity index (χ2n) is 6.97. The van der Waals surface area contributed by atoms with Crippen LogP contribution in [-0.4, -0.2) is 40.1 Å². The molecule has 0 spiro atoms. The second-order valence-corrected chi connectivity index (χ2v) is 6.97. The molecule has 0 radical (unpaired) electrons. The highest BCUT2D eigenvalue weighted by molar-refractivity contribution is 6.00. The third-order valence-corrected chi connectivity index (χ3v) is 4.97. The van der Waals surface area contributed by atoms with Gasteiger partial charge in [-0.05, 0) is 44.0 Å². The molecule has 0 N–H and O–H groups in total. The van der Waals surface area contributed by atoms with E-state index in [1.54, 1.807) is 10.7 Å². The lowest BCUT2D eigenvalue weighted by Gasteiger charge is -2.32. The molecule has 134 valence electrons. The first-order valence-corrected chi connectivity index (χ1v) is 9.12. The largest absolute Gasteiger partial charge is 0.493 e. The number of pyridine rings is 1. The van der Waals surface area contributed by atoms with Gasteiger partial charge < -0.3 is 9.64 Å². The van der Waals surface area contributed by atoms with Crippen LogP contribution in [0.2, 0.25) is 0 Å². The smallest absolute Gasteiger partial charge is 0.257 e. The van der Waals surface area contributed by atoms with Gasteiger partial charge in [0.15, 0.2) is 0 Å². The summed E-state index contributed by atoms with van der Waals surface area (Å²) in [6.07, 6.45) is 5.63. The highest BCUT2D eigenvalue weighted by Gasteiger charge is 2.26. The molecule has 1 atom stereocenters. The summed E-state index contributed by atoms with van der Waals surface area (Å²) in [5.41, 5.74) is 2.75. The van der Waals surface area contributed by atoms with Crippen LogP contribution in [0.4, 0.5) is 0 Å². The molecule has 1 fully saturated rings. The van der Waals surface area contributed by atoms with Crippen LogP contribution in [0.5, 0.6) is 5.75 Å². The van der Waals surface area contributed by atoms with Crippen LogP contribution >= 0.6 is 0 Å². The number of aryl methyl sites for hydroxylation is 1. The zero-order valence-electron chi connectivity index (χ0n) is 15.0. The van der Waals surface area contributed by atoms with Crippen LogP contribution in [-0.2, 0) is 0 Å². The number of amides is 1. The van der Waals surface area contributed by atoms with Crippen molar-refractivity contribution < 1.29 is 9.53 Å². The van der Waals surface area contributed by atoms with Crippen molar-refractivity contribution in [1.82, 2.24) is 14.5 Å². The summed E-state index contributed by atoms with van der Waals surface area (Å²) in [6.45, 7) is 4.23. The van der Waals surface area contributed by atoms with Crippen molar-refractivity contribution in [2.45, 2.75) is 19.8 Å². The molecule has 2 aromatic heterocycles. The minimum absolute atomic E-state index is 0.0613. The van der Waals surface area contributed by atoms with Crippen LogP contribution in [0, 0.1) is 12.8 Å². The van der Waals surface area contributed by atoms with E-state index in [4.69, 9.17) is 4.74 Å². The predicted octanol–water partition coefficient (Wildman–Crippen LogP) is 3.57. The van der Waals surface area contributed by atoms with Crippen molar-refractivity contribution in [3.8, 4) is 5.75 Å². The SMILES string of the molecule is Cc1ccc(OC[C@@H]2CCCN(C(=O)c3cnn4ccccc34)C2)cc1. The highest BCUT2D eigenvalue weighted by Crippen LogP contribution is 2.22. The normalized spacial score (nSPS) is 17.4. The monoisotopic (exact) mass is 349 g/mol. The number of aromatic nitrogens is 2. The van der Waals surface area contributed by atoms with Gasteiger partial charge in [-0.25, -0.2) is 4.52 Å². The Balaban J connectivity index is 1.41. The minimum Gasteiger partial charge on any atom is -0.493 e. The molecule has 3 aromatic rings. The number of likely N-dealkylation sites (tertiary alicyclic amines) is 1. The Labute approximate surface area is 153 Å².